The van der Waals surface area contributed by atoms with Gasteiger partial charge in [0.2, 0.25) is 5.91 Å². The van der Waals surface area contributed by atoms with E-state index >= 15 is 0 Å². The number of carbonyl (C=O) groups is 1. The average molecular weight is 302 g/mol. The normalized spacial score (nSPS) is 11.4. The topological polar surface area (TPSA) is 42.0 Å². The molecule has 1 amide bonds. The Hall–Kier alpha value is -1.68. The van der Waals surface area contributed by atoms with Gasteiger partial charge >= 0.3 is 0 Å². The zero-order valence-electron chi connectivity index (χ0n) is 13.1. The van der Waals surface area contributed by atoms with Crippen molar-refractivity contribution in [3.05, 3.63) is 51.5 Å². The van der Waals surface area contributed by atoms with Gasteiger partial charge < -0.3 is 5.32 Å². The molecule has 0 aliphatic heterocycles. The van der Waals surface area contributed by atoms with Crippen LogP contribution in [0.4, 0.5) is 0 Å². The van der Waals surface area contributed by atoms with E-state index in [1.807, 2.05) is 27.0 Å². The van der Waals surface area contributed by atoms with Crippen molar-refractivity contribution < 1.29 is 4.79 Å². The second-order valence-corrected chi connectivity index (χ2v) is 7.52. The number of aromatic nitrogens is 1. The number of hydrogen-bond donors (Lipinski definition) is 1. The second kappa shape index (κ2) is 6.39. The number of hydrogen-bond acceptors (Lipinski definition) is 3. The number of thiazole rings is 1. The number of aryl methyl sites for hydroxylation is 1. The van der Waals surface area contributed by atoms with E-state index in [1.54, 1.807) is 11.3 Å². The number of nitrogens with zero attached hydrogens (tertiary/aromatic N) is 1. The molecule has 2 rings (SSSR count). The van der Waals surface area contributed by atoms with E-state index in [1.165, 1.54) is 16.0 Å². The molecular formula is C17H22N2OS. The minimum atomic E-state index is -0.359. The van der Waals surface area contributed by atoms with Gasteiger partial charge in [0.1, 0.15) is 5.01 Å². The highest BCUT2D eigenvalue weighted by Crippen LogP contribution is 2.18. The van der Waals surface area contributed by atoms with E-state index in [2.05, 4.69) is 41.5 Å². The summed E-state index contributed by atoms with van der Waals surface area (Å²) >= 11 is 1.66. The third-order valence-electron chi connectivity index (χ3n) is 3.18. The maximum Gasteiger partial charge on any atom is 0.225 e. The molecule has 1 N–H and O–H groups in total. The maximum absolute atomic E-state index is 11.8. The lowest BCUT2D eigenvalue weighted by Gasteiger charge is -2.16. The third kappa shape index (κ3) is 4.67. The van der Waals surface area contributed by atoms with Gasteiger partial charge in [0, 0.05) is 22.9 Å². The largest absolute Gasteiger partial charge is 0.349 e. The Morgan fingerprint density at radius 1 is 1.24 bits per heavy atom. The molecule has 1 aromatic carbocycles. The molecule has 0 spiro atoms. The van der Waals surface area contributed by atoms with Crippen LogP contribution in [0.5, 0.6) is 0 Å². The summed E-state index contributed by atoms with van der Waals surface area (Å²) in [6.07, 6.45) is 2.80. The standard InChI is InChI=1S/C17H22N2OS/c1-12-5-7-13(8-6-12)9-14-10-18-15(21-14)11-19-16(20)17(2,3)4/h5-8,10H,9,11H2,1-4H3,(H,19,20). The van der Waals surface area contributed by atoms with Crippen LogP contribution in [0.1, 0.15) is 41.8 Å². The van der Waals surface area contributed by atoms with Crippen LogP contribution in [-0.4, -0.2) is 10.9 Å². The summed E-state index contributed by atoms with van der Waals surface area (Å²) in [4.78, 5) is 17.4. The van der Waals surface area contributed by atoms with Crippen molar-refractivity contribution in [1.29, 1.82) is 0 Å². The Balaban J connectivity index is 1.92. The fourth-order valence-corrected chi connectivity index (χ4v) is 2.74. The molecule has 0 saturated heterocycles. The van der Waals surface area contributed by atoms with Crippen molar-refractivity contribution >= 4 is 17.2 Å². The van der Waals surface area contributed by atoms with E-state index in [4.69, 9.17) is 0 Å². The SMILES string of the molecule is Cc1ccc(Cc2cnc(CNC(=O)C(C)(C)C)s2)cc1. The number of rotatable bonds is 4. The zero-order chi connectivity index (χ0) is 15.5. The van der Waals surface area contributed by atoms with Crippen molar-refractivity contribution in [3.8, 4) is 0 Å². The summed E-state index contributed by atoms with van der Waals surface area (Å²) in [7, 11) is 0. The average Bonchev–Trinajstić information content (AvgIpc) is 2.85. The van der Waals surface area contributed by atoms with Gasteiger partial charge in [-0.1, -0.05) is 50.6 Å². The lowest BCUT2D eigenvalue weighted by atomic mass is 9.96. The Bertz CT molecular complexity index is 608. The van der Waals surface area contributed by atoms with Crippen molar-refractivity contribution in [3.63, 3.8) is 0 Å². The predicted octanol–water partition coefficient (Wildman–Crippen LogP) is 3.70. The molecule has 1 aromatic heterocycles. The summed E-state index contributed by atoms with van der Waals surface area (Å²) in [5.41, 5.74) is 2.20. The fraction of sp³-hybridized carbons (Fsp3) is 0.412. The summed E-state index contributed by atoms with van der Waals surface area (Å²) in [5, 5.41) is 3.89. The molecule has 112 valence electrons. The Morgan fingerprint density at radius 3 is 2.52 bits per heavy atom. The molecule has 0 bridgehead atoms. The van der Waals surface area contributed by atoms with Crippen LogP contribution < -0.4 is 5.32 Å². The molecule has 1 heterocycles. The van der Waals surface area contributed by atoms with E-state index in [-0.39, 0.29) is 11.3 Å². The van der Waals surface area contributed by atoms with Gasteiger partial charge in [0.05, 0.1) is 6.54 Å². The van der Waals surface area contributed by atoms with E-state index < -0.39 is 0 Å². The smallest absolute Gasteiger partial charge is 0.225 e. The second-order valence-electron chi connectivity index (χ2n) is 6.32. The Morgan fingerprint density at radius 2 is 1.90 bits per heavy atom. The van der Waals surface area contributed by atoms with Gasteiger partial charge in [0.25, 0.3) is 0 Å². The van der Waals surface area contributed by atoms with Gasteiger partial charge in [-0.2, -0.15) is 0 Å². The Labute approximate surface area is 130 Å². The van der Waals surface area contributed by atoms with Crippen molar-refractivity contribution in [2.45, 2.75) is 40.7 Å². The van der Waals surface area contributed by atoms with Crippen LogP contribution in [0.25, 0.3) is 0 Å². The third-order valence-corrected chi connectivity index (χ3v) is 4.18. The monoisotopic (exact) mass is 302 g/mol. The van der Waals surface area contributed by atoms with E-state index in [0.29, 0.717) is 6.54 Å². The van der Waals surface area contributed by atoms with Crippen LogP contribution in [0.3, 0.4) is 0 Å². The van der Waals surface area contributed by atoms with Gasteiger partial charge in [-0.05, 0) is 12.5 Å². The summed E-state index contributed by atoms with van der Waals surface area (Å²) < 4.78 is 0. The first-order valence-corrected chi connectivity index (χ1v) is 7.93. The molecule has 2 aromatic rings. The molecule has 0 radical (unpaired) electrons. The van der Waals surface area contributed by atoms with Crippen LogP contribution in [0.2, 0.25) is 0 Å². The van der Waals surface area contributed by atoms with Gasteiger partial charge in [-0.25, -0.2) is 4.98 Å². The molecule has 0 saturated carbocycles. The van der Waals surface area contributed by atoms with Crippen LogP contribution in [0, 0.1) is 12.3 Å². The van der Waals surface area contributed by atoms with Gasteiger partial charge in [-0.15, -0.1) is 11.3 Å². The molecule has 0 unspecified atom stereocenters. The minimum Gasteiger partial charge on any atom is -0.349 e. The van der Waals surface area contributed by atoms with E-state index in [9.17, 15) is 4.79 Å². The van der Waals surface area contributed by atoms with Crippen molar-refractivity contribution in [2.75, 3.05) is 0 Å². The van der Waals surface area contributed by atoms with Crippen LogP contribution >= 0.6 is 11.3 Å². The minimum absolute atomic E-state index is 0.0535. The van der Waals surface area contributed by atoms with E-state index in [0.717, 1.165) is 11.4 Å². The number of carbonyl (C=O) groups excluding carboxylic acids is 1. The van der Waals surface area contributed by atoms with Crippen molar-refractivity contribution in [2.24, 2.45) is 5.41 Å². The van der Waals surface area contributed by atoms with Crippen LogP contribution in [0.15, 0.2) is 30.5 Å². The highest BCUT2D eigenvalue weighted by atomic mass is 32.1. The first-order chi connectivity index (χ1) is 9.84. The maximum atomic E-state index is 11.8. The molecule has 3 nitrogen and oxygen atoms in total. The highest BCUT2D eigenvalue weighted by Gasteiger charge is 2.20. The zero-order valence-corrected chi connectivity index (χ0v) is 13.9. The fourth-order valence-electron chi connectivity index (χ4n) is 1.84. The number of amides is 1. The summed E-state index contributed by atoms with van der Waals surface area (Å²) in [6, 6.07) is 8.55. The molecule has 21 heavy (non-hydrogen) atoms. The first-order valence-electron chi connectivity index (χ1n) is 7.12. The molecule has 0 aliphatic carbocycles. The predicted molar refractivity (Wildman–Crippen MR) is 87.4 cm³/mol. The Kier molecular flexibility index (Phi) is 4.78. The molecular weight excluding hydrogens is 280 g/mol. The molecule has 0 aliphatic rings. The molecule has 4 heteroatoms. The summed E-state index contributed by atoms with van der Waals surface area (Å²) in [5.74, 6) is 0.0535. The highest BCUT2D eigenvalue weighted by molar-refractivity contribution is 7.11. The lowest BCUT2D eigenvalue weighted by molar-refractivity contribution is -0.128. The first kappa shape index (κ1) is 15.7. The molecule has 0 atom stereocenters. The van der Waals surface area contributed by atoms with Crippen molar-refractivity contribution in [1.82, 2.24) is 10.3 Å². The summed E-state index contributed by atoms with van der Waals surface area (Å²) in [6.45, 7) is 8.33. The van der Waals surface area contributed by atoms with Crippen LogP contribution in [-0.2, 0) is 17.8 Å². The number of nitrogens with one attached hydrogen (secondary N) is 1. The number of benzene rings is 1. The lowest BCUT2D eigenvalue weighted by Crippen LogP contribution is -2.34. The van der Waals surface area contributed by atoms with Gasteiger partial charge in [0.15, 0.2) is 0 Å². The van der Waals surface area contributed by atoms with Gasteiger partial charge in [-0.3, -0.25) is 4.79 Å². The quantitative estimate of drug-likeness (QED) is 0.935. The molecule has 0 fully saturated rings.